The number of rotatable bonds is 6. The van der Waals surface area contributed by atoms with Crippen LogP contribution in [0.25, 0.3) is 0 Å². The molecular weight excluding hydrogens is 351 g/mol. The predicted molar refractivity (Wildman–Crippen MR) is 100 cm³/mol. The van der Waals surface area contributed by atoms with Crippen LogP contribution in [0.2, 0.25) is 0 Å². The molecule has 2 heterocycles. The van der Waals surface area contributed by atoms with Gasteiger partial charge in [0, 0.05) is 6.42 Å². The third-order valence-corrected chi connectivity index (χ3v) is 6.10. The molecule has 0 N–H and O–H groups in total. The first kappa shape index (κ1) is 19.7. The molecule has 1 saturated heterocycles. The van der Waals surface area contributed by atoms with E-state index in [0.717, 1.165) is 18.4 Å². The summed E-state index contributed by atoms with van der Waals surface area (Å²) >= 11 is 0. The van der Waals surface area contributed by atoms with Crippen molar-refractivity contribution in [2.24, 2.45) is 0 Å². The first-order valence-electron chi connectivity index (χ1n) is 9.19. The molecule has 1 unspecified atom stereocenters. The van der Waals surface area contributed by atoms with E-state index in [1.54, 1.807) is 6.08 Å². The summed E-state index contributed by atoms with van der Waals surface area (Å²) in [6.45, 7) is 4.58. The van der Waals surface area contributed by atoms with Crippen molar-refractivity contribution in [1.82, 2.24) is 0 Å². The molecular formula is C20H27O5P. The summed E-state index contributed by atoms with van der Waals surface area (Å²) in [5.74, 6) is 0. The van der Waals surface area contributed by atoms with Gasteiger partial charge < -0.3 is 9.63 Å². The maximum Gasteiger partial charge on any atom is 0.380 e. The molecule has 2 bridgehead atoms. The highest BCUT2D eigenvalue weighted by atomic mass is 31.2. The van der Waals surface area contributed by atoms with E-state index in [4.69, 9.17) is 18.3 Å². The molecule has 4 atom stereocenters. The molecule has 1 aromatic rings. The zero-order chi connectivity index (χ0) is 18.2. The summed E-state index contributed by atoms with van der Waals surface area (Å²) in [4.78, 5) is 13.0. The number of phosphoric acid groups is 1. The molecule has 3 rings (SSSR count). The van der Waals surface area contributed by atoms with E-state index in [-0.39, 0.29) is 18.3 Å². The van der Waals surface area contributed by atoms with Gasteiger partial charge in [0.1, 0.15) is 18.3 Å². The quantitative estimate of drug-likeness (QED) is 0.551. The fourth-order valence-electron chi connectivity index (χ4n) is 3.16. The molecule has 142 valence electrons. The minimum absolute atomic E-state index is 0.153. The van der Waals surface area contributed by atoms with E-state index in [2.05, 4.69) is 18.7 Å². The molecule has 0 amide bonds. The van der Waals surface area contributed by atoms with Crippen molar-refractivity contribution in [2.45, 2.75) is 57.0 Å². The summed E-state index contributed by atoms with van der Waals surface area (Å²) in [6.07, 6.45) is 8.93. The number of ether oxygens (including phenoxy) is 1. The van der Waals surface area contributed by atoms with Gasteiger partial charge in [0.2, 0.25) is 0 Å². The van der Waals surface area contributed by atoms with Crippen LogP contribution in [-0.2, 0) is 24.9 Å². The van der Waals surface area contributed by atoms with E-state index < -0.39 is 8.17 Å². The second-order valence-electron chi connectivity index (χ2n) is 6.67. The van der Waals surface area contributed by atoms with Crippen molar-refractivity contribution in [3.63, 3.8) is 0 Å². The number of benzene rings is 1. The summed E-state index contributed by atoms with van der Waals surface area (Å²) in [5.41, 5.74) is 1.09. The number of hydrogen-bond acceptors (Lipinski definition) is 5. The fraction of sp³-hybridized carbons (Fsp3) is 0.500. The predicted octanol–water partition coefficient (Wildman–Crippen LogP) is 4.12. The first-order chi connectivity index (χ1) is 12.7. The summed E-state index contributed by atoms with van der Waals surface area (Å²) < 4.78 is 23.0. The van der Waals surface area contributed by atoms with Crippen molar-refractivity contribution < 1.29 is 23.2 Å². The van der Waals surface area contributed by atoms with Gasteiger partial charge >= 0.3 is 8.17 Å². The largest absolute Gasteiger partial charge is 0.606 e. The van der Waals surface area contributed by atoms with Crippen molar-refractivity contribution in [2.75, 3.05) is 6.61 Å². The van der Waals surface area contributed by atoms with Gasteiger partial charge in [0.05, 0.1) is 13.2 Å². The highest BCUT2D eigenvalue weighted by molar-refractivity contribution is 7.54. The maximum absolute atomic E-state index is 13.0. The van der Waals surface area contributed by atoms with Gasteiger partial charge in [-0.05, 0) is 31.2 Å². The Morgan fingerprint density at radius 2 is 1.96 bits per heavy atom. The van der Waals surface area contributed by atoms with Gasteiger partial charge in [0.15, 0.2) is 0 Å². The number of phosphoric ester groups is 1. The SMILES string of the molecule is C=CC[C@H]1C[C@@H]2C/C=C\CC[C@H](COCc3ccccc3)O[P+]([O-])(O1)O2. The Hall–Kier alpha value is -1.07. The van der Waals surface area contributed by atoms with Crippen LogP contribution in [0.4, 0.5) is 0 Å². The molecule has 5 nitrogen and oxygen atoms in total. The van der Waals surface area contributed by atoms with E-state index in [1.807, 2.05) is 30.3 Å². The lowest BCUT2D eigenvalue weighted by molar-refractivity contribution is -0.273. The molecule has 0 radical (unpaired) electrons. The zero-order valence-corrected chi connectivity index (χ0v) is 15.9. The second kappa shape index (κ2) is 9.75. The number of allylic oxidation sites excluding steroid dienone is 1. The second-order valence-corrected chi connectivity index (χ2v) is 8.20. The molecule has 1 aromatic carbocycles. The molecule has 0 spiro atoms. The van der Waals surface area contributed by atoms with Gasteiger partial charge in [-0.15, -0.1) is 6.58 Å². The zero-order valence-electron chi connectivity index (χ0n) is 15.0. The van der Waals surface area contributed by atoms with Crippen LogP contribution in [0, 0.1) is 0 Å². The van der Waals surface area contributed by atoms with Crippen molar-refractivity contribution in [3.05, 3.63) is 60.7 Å². The first-order valence-corrected chi connectivity index (χ1v) is 10.7. The monoisotopic (exact) mass is 378 g/mol. The van der Waals surface area contributed by atoms with Crippen LogP contribution >= 0.6 is 8.17 Å². The summed E-state index contributed by atoms with van der Waals surface area (Å²) in [5, 5.41) is 0. The highest BCUT2D eigenvalue weighted by Crippen LogP contribution is 2.61. The molecule has 0 aromatic heterocycles. The lowest BCUT2D eigenvalue weighted by atomic mass is 10.1. The van der Waals surface area contributed by atoms with Crippen LogP contribution in [0.1, 0.15) is 37.7 Å². The average Bonchev–Trinajstić information content (AvgIpc) is 2.61. The molecule has 6 heteroatoms. The van der Waals surface area contributed by atoms with Crippen LogP contribution in [-0.4, -0.2) is 24.9 Å². The molecule has 26 heavy (non-hydrogen) atoms. The normalized spacial score (nSPS) is 33.3. The third-order valence-electron chi connectivity index (χ3n) is 4.43. The van der Waals surface area contributed by atoms with Gasteiger partial charge in [-0.3, -0.25) is 0 Å². The molecule has 2 aliphatic heterocycles. The molecule has 0 saturated carbocycles. The third kappa shape index (κ3) is 5.98. The Morgan fingerprint density at radius 3 is 2.77 bits per heavy atom. The van der Waals surface area contributed by atoms with E-state index in [9.17, 15) is 4.89 Å². The van der Waals surface area contributed by atoms with Crippen molar-refractivity contribution >= 4 is 8.17 Å². The smallest absolute Gasteiger partial charge is 0.380 e. The van der Waals surface area contributed by atoms with E-state index in [0.29, 0.717) is 32.5 Å². The maximum atomic E-state index is 13.0. The van der Waals surface area contributed by atoms with E-state index >= 15 is 0 Å². The van der Waals surface area contributed by atoms with Crippen LogP contribution in [0.3, 0.4) is 0 Å². The van der Waals surface area contributed by atoms with Gasteiger partial charge in [0.25, 0.3) is 0 Å². The minimum atomic E-state index is -3.60. The number of hydrogen-bond donors (Lipinski definition) is 0. The Bertz CT molecular complexity index is 593. The highest BCUT2D eigenvalue weighted by Gasteiger charge is 2.46. The minimum Gasteiger partial charge on any atom is -0.606 e. The van der Waals surface area contributed by atoms with Crippen LogP contribution in [0.5, 0.6) is 0 Å². The summed E-state index contributed by atoms with van der Waals surface area (Å²) in [7, 11) is -3.60. The van der Waals surface area contributed by atoms with Gasteiger partial charge in [-0.25, -0.2) is 0 Å². The lowest BCUT2D eigenvalue weighted by Crippen LogP contribution is -2.38. The molecule has 1 fully saturated rings. The molecule has 0 aliphatic carbocycles. The van der Waals surface area contributed by atoms with Crippen molar-refractivity contribution in [3.8, 4) is 0 Å². The Balaban J connectivity index is 1.61. The van der Waals surface area contributed by atoms with Crippen LogP contribution in [0.15, 0.2) is 55.1 Å². The fourth-order valence-corrected chi connectivity index (χ4v) is 4.92. The standard InChI is InChI=1S/C20H27O5P/c1-2-9-18-14-19-12-7-4-8-13-20(25-26(21,23-18)24-19)16-22-15-17-10-5-3-6-11-17/h2-7,10-11,18-20H,1,8-9,12-16H2/b7-4-/t18-,19-,20+,26?/m0/s1. The average molecular weight is 378 g/mol. The van der Waals surface area contributed by atoms with Gasteiger partial charge in [-0.1, -0.05) is 48.6 Å². The summed E-state index contributed by atoms with van der Waals surface area (Å²) in [6, 6.07) is 9.95. The Labute approximate surface area is 156 Å². The van der Waals surface area contributed by atoms with E-state index in [1.165, 1.54) is 0 Å². The number of fused-ring (bicyclic) bond motifs is 2. The lowest BCUT2D eigenvalue weighted by Gasteiger charge is -2.38. The van der Waals surface area contributed by atoms with Gasteiger partial charge in [-0.2, -0.15) is 13.6 Å². The van der Waals surface area contributed by atoms with Crippen LogP contribution < -0.4 is 4.89 Å². The topological polar surface area (TPSA) is 60.0 Å². The van der Waals surface area contributed by atoms with Crippen molar-refractivity contribution in [1.29, 1.82) is 0 Å². The molecule has 2 aliphatic rings. The Morgan fingerprint density at radius 1 is 1.15 bits per heavy atom. The Kier molecular flexibility index (Phi) is 7.38.